The third-order valence-corrected chi connectivity index (χ3v) is 6.29. The monoisotopic (exact) mass is 547 g/mol. The molecular weight excluding hydrogens is 501 g/mol. The molecule has 1 unspecified atom stereocenters. The van der Waals surface area contributed by atoms with Gasteiger partial charge in [0.1, 0.15) is 12.4 Å². The lowest BCUT2D eigenvalue weighted by Gasteiger charge is -2.24. The highest BCUT2D eigenvalue weighted by Gasteiger charge is 2.22. The first-order chi connectivity index (χ1) is 14.7. The lowest BCUT2D eigenvalue weighted by atomic mass is 10.1. The molecular formula is C23H46IN7. The molecule has 1 atom stereocenters. The molecule has 1 aliphatic rings. The maximum absolute atomic E-state index is 4.80. The molecule has 0 bridgehead atoms. The van der Waals surface area contributed by atoms with Crippen LogP contribution in [-0.2, 0) is 13.6 Å². The van der Waals surface area contributed by atoms with Crippen molar-refractivity contribution in [1.82, 2.24) is 30.3 Å². The van der Waals surface area contributed by atoms with Gasteiger partial charge in [0, 0.05) is 26.2 Å². The Hall–Kier alpha value is -0.900. The number of unbranched alkanes of at least 4 members (excludes halogenated alkanes) is 7. The number of nitrogens with zero attached hydrogens (tertiary/aromatic N) is 5. The van der Waals surface area contributed by atoms with Crippen LogP contribution in [0.15, 0.2) is 4.99 Å². The van der Waals surface area contributed by atoms with Crippen molar-refractivity contribution in [3.63, 3.8) is 0 Å². The van der Waals surface area contributed by atoms with Gasteiger partial charge in [0.2, 0.25) is 0 Å². The Morgan fingerprint density at radius 1 is 1.03 bits per heavy atom. The summed E-state index contributed by atoms with van der Waals surface area (Å²) in [6.07, 6.45) is 13.3. The van der Waals surface area contributed by atoms with Gasteiger partial charge in [0.15, 0.2) is 11.8 Å². The van der Waals surface area contributed by atoms with Crippen molar-refractivity contribution in [3.05, 3.63) is 11.6 Å². The van der Waals surface area contributed by atoms with Crippen molar-refractivity contribution < 1.29 is 0 Å². The first-order valence-corrected chi connectivity index (χ1v) is 12.3. The molecule has 1 fully saturated rings. The van der Waals surface area contributed by atoms with E-state index in [-0.39, 0.29) is 24.0 Å². The van der Waals surface area contributed by atoms with E-state index in [0.29, 0.717) is 12.6 Å². The number of likely N-dealkylation sites (tertiary alicyclic amines) is 1. The van der Waals surface area contributed by atoms with E-state index in [1.807, 2.05) is 18.5 Å². The molecule has 0 amide bonds. The highest BCUT2D eigenvalue weighted by molar-refractivity contribution is 14.0. The van der Waals surface area contributed by atoms with Crippen molar-refractivity contribution in [2.45, 2.75) is 97.6 Å². The van der Waals surface area contributed by atoms with Crippen molar-refractivity contribution >= 4 is 29.9 Å². The van der Waals surface area contributed by atoms with Gasteiger partial charge in [0.25, 0.3) is 0 Å². The fourth-order valence-electron chi connectivity index (χ4n) is 4.14. The quantitative estimate of drug-likeness (QED) is 0.156. The molecule has 1 aromatic heterocycles. The minimum absolute atomic E-state index is 0. The average molecular weight is 548 g/mol. The second kappa shape index (κ2) is 16.7. The van der Waals surface area contributed by atoms with E-state index in [4.69, 9.17) is 4.99 Å². The summed E-state index contributed by atoms with van der Waals surface area (Å²) in [6.45, 7) is 11.3. The Balaban J connectivity index is 0.00000480. The normalized spacial score (nSPS) is 17.0. The summed E-state index contributed by atoms with van der Waals surface area (Å²) >= 11 is 0. The molecule has 7 nitrogen and oxygen atoms in total. The van der Waals surface area contributed by atoms with Gasteiger partial charge >= 0.3 is 0 Å². The first-order valence-electron chi connectivity index (χ1n) is 12.3. The van der Waals surface area contributed by atoms with Gasteiger partial charge in [0.05, 0.1) is 0 Å². The molecule has 1 saturated heterocycles. The first kappa shape index (κ1) is 28.1. The molecule has 2 rings (SSSR count). The van der Waals surface area contributed by atoms with Crippen molar-refractivity contribution in [1.29, 1.82) is 0 Å². The number of hydrogen-bond acceptors (Lipinski definition) is 4. The van der Waals surface area contributed by atoms with E-state index in [9.17, 15) is 0 Å². The molecule has 180 valence electrons. The lowest BCUT2D eigenvalue weighted by molar-refractivity contribution is 0.267. The molecule has 8 heteroatoms. The van der Waals surface area contributed by atoms with Crippen LogP contribution in [0.4, 0.5) is 0 Å². The standard InChI is InChI=1S/C23H45N7.HI/c1-5-7-8-9-10-11-12-13-16-24-23(25-18-21-15-14-17-30(21)6-2)26-19-22-28-27-20(3)29(22)4;/h21H,5-19H2,1-4H3,(H2,24,25,26);1H. The Bertz CT molecular complexity index is 617. The van der Waals surface area contributed by atoms with Crippen LogP contribution in [0.5, 0.6) is 0 Å². The highest BCUT2D eigenvalue weighted by Crippen LogP contribution is 2.15. The summed E-state index contributed by atoms with van der Waals surface area (Å²) in [5.41, 5.74) is 0. The minimum Gasteiger partial charge on any atom is -0.356 e. The van der Waals surface area contributed by atoms with E-state index in [1.165, 1.54) is 70.8 Å². The van der Waals surface area contributed by atoms with Gasteiger partial charge in [-0.25, -0.2) is 4.99 Å². The van der Waals surface area contributed by atoms with Gasteiger partial charge in [-0.3, -0.25) is 4.90 Å². The van der Waals surface area contributed by atoms with Crippen LogP contribution in [0.25, 0.3) is 0 Å². The molecule has 1 aromatic rings. The Morgan fingerprint density at radius 2 is 1.74 bits per heavy atom. The zero-order valence-corrected chi connectivity index (χ0v) is 22.7. The average Bonchev–Trinajstić information content (AvgIpc) is 3.34. The van der Waals surface area contributed by atoms with E-state index in [2.05, 4.69) is 39.6 Å². The molecule has 0 radical (unpaired) electrons. The smallest absolute Gasteiger partial charge is 0.191 e. The summed E-state index contributed by atoms with van der Waals surface area (Å²) < 4.78 is 2.01. The largest absolute Gasteiger partial charge is 0.356 e. The Labute approximate surface area is 207 Å². The number of hydrogen-bond donors (Lipinski definition) is 2. The predicted octanol–water partition coefficient (Wildman–Crippen LogP) is 4.40. The molecule has 2 heterocycles. The van der Waals surface area contributed by atoms with E-state index < -0.39 is 0 Å². The fourth-order valence-corrected chi connectivity index (χ4v) is 4.14. The fraction of sp³-hybridized carbons (Fsp3) is 0.870. The summed E-state index contributed by atoms with van der Waals surface area (Å²) in [6, 6.07) is 0.613. The minimum atomic E-state index is 0. The maximum Gasteiger partial charge on any atom is 0.191 e. The molecule has 0 saturated carbocycles. The number of aromatic nitrogens is 3. The molecule has 0 spiro atoms. The molecule has 0 aliphatic carbocycles. The SMILES string of the molecule is CCCCCCCCCCNC(=NCc1nnc(C)n1C)NCC1CCCN1CC.I. The van der Waals surface area contributed by atoms with Gasteiger partial charge < -0.3 is 15.2 Å². The van der Waals surface area contributed by atoms with Gasteiger partial charge in [-0.2, -0.15) is 0 Å². The van der Waals surface area contributed by atoms with Crippen LogP contribution in [0.1, 0.15) is 89.7 Å². The zero-order valence-electron chi connectivity index (χ0n) is 20.3. The second-order valence-corrected chi connectivity index (χ2v) is 8.59. The molecule has 1 aliphatic heterocycles. The van der Waals surface area contributed by atoms with E-state index in [0.717, 1.165) is 37.2 Å². The number of likely N-dealkylation sites (N-methyl/N-ethyl adjacent to an activating group) is 1. The van der Waals surface area contributed by atoms with Gasteiger partial charge in [-0.05, 0) is 39.3 Å². The predicted molar refractivity (Wildman–Crippen MR) is 141 cm³/mol. The summed E-state index contributed by atoms with van der Waals surface area (Å²) in [4.78, 5) is 7.36. The number of halogens is 1. The third kappa shape index (κ3) is 10.5. The van der Waals surface area contributed by atoms with Gasteiger partial charge in [-0.15, -0.1) is 34.2 Å². The zero-order chi connectivity index (χ0) is 21.6. The second-order valence-electron chi connectivity index (χ2n) is 8.59. The number of rotatable bonds is 14. The van der Waals surface area contributed by atoms with Crippen LogP contribution < -0.4 is 10.6 Å². The van der Waals surface area contributed by atoms with Crippen LogP contribution in [0.2, 0.25) is 0 Å². The number of aryl methyl sites for hydroxylation is 1. The third-order valence-electron chi connectivity index (χ3n) is 6.29. The van der Waals surface area contributed by atoms with Crippen molar-refractivity contribution in [3.8, 4) is 0 Å². The Morgan fingerprint density at radius 3 is 2.39 bits per heavy atom. The van der Waals surface area contributed by atoms with E-state index >= 15 is 0 Å². The van der Waals surface area contributed by atoms with E-state index in [1.54, 1.807) is 0 Å². The lowest BCUT2D eigenvalue weighted by Crippen LogP contribution is -2.45. The summed E-state index contributed by atoms with van der Waals surface area (Å²) in [7, 11) is 2.00. The topological polar surface area (TPSA) is 70.4 Å². The van der Waals surface area contributed by atoms with Crippen molar-refractivity contribution in [2.75, 3.05) is 26.2 Å². The molecule has 2 N–H and O–H groups in total. The summed E-state index contributed by atoms with van der Waals surface area (Å²) in [5, 5.41) is 15.5. The molecule has 31 heavy (non-hydrogen) atoms. The van der Waals surface area contributed by atoms with Crippen LogP contribution in [0.3, 0.4) is 0 Å². The number of guanidine groups is 1. The number of aliphatic imine (C=N–C) groups is 1. The van der Waals surface area contributed by atoms with Gasteiger partial charge in [-0.1, -0.05) is 58.8 Å². The van der Waals surface area contributed by atoms with Crippen LogP contribution >= 0.6 is 24.0 Å². The molecule has 0 aromatic carbocycles. The summed E-state index contributed by atoms with van der Waals surface area (Å²) in [5.74, 6) is 2.73. The van der Waals surface area contributed by atoms with Crippen molar-refractivity contribution in [2.24, 2.45) is 12.0 Å². The highest BCUT2D eigenvalue weighted by atomic mass is 127. The van der Waals surface area contributed by atoms with Crippen LogP contribution in [0, 0.1) is 6.92 Å². The maximum atomic E-state index is 4.80. The number of nitrogens with one attached hydrogen (secondary N) is 2. The Kier molecular flexibility index (Phi) is 15.2. The van der Waals surface area contributed by atoms with Crippen LogP contribution in [-0.4, -0.2) is 57.8 Å².